The van der Waals surface area contributed by atoms with E-state index in [4.69, 9.17) is 14.2 Å². The van der Waals surface area contributed by atoms with E-state index in [0.717, 1.165) is 10.3 Å². The summed E-state index contributed by atoms with van der Waals surface area (Å²) in [5.74, 6) is 0.945. The number of rotatable bonds is 5. The lowest BCUT2D eigenvalue weighted by atomic mass is 10.2. The standard InChI is InChI=1S/C29H22N4O6/c1-30-27(34)32-17-15-20-12-13-23(18-25(20)32)37-24-14-16-31-26(19-24)39-29(36)33(21-8-4-2-5-9-21)28(35)38-22-10-6-3-7-11-22/h2-19H,1H3,(H,30,34). The number of aromatic nitrogens is 2. The van der Waals surface area contributed by atoms with Crippen LogP contribution in [0.4, 0.5) is 20.1 Å². The van der Waals surface area contributed by atoms with Crippen molar-refractivity contribution < 1.29 is 28.6 Å². The normalized spacial score (nSPS) is 10.5. The van der Waals surface area contributed by atoms with Gasteiger partial charge >= 0.3 is 18.2 Å². The highest BCUT2D eigenvalue weighted by Gasteiger charge is 2.28. The van der Waals surface area contributed by atoms with Gasteiger partial charge in [0.2, 0.25) is 5.88 Å². The van der Waals surface area contributed by atoms with Crippen LogP contribution < -0.4 is 24.4 Å². The Hall–Kier alpha value is -5.64. The van der Waals surface area contributed by atoms with Crippen molar-refractivity contribution in [1.29, 1.82) is 0 Å². The van der Waals surface area contributed by atoms with Crippen molar-refractivity contribution in [2.75, 3.05) is 11.9 Å². The van der Waals surface area contributed by atoms with Gasteiger partial charge in [-0.15, -0.1) is 0 Å². The van der Waals surface area contributed by atoms with Crippen LogP contribution in [0.15, 0.2) is 109 Å². The van der Waals surface area contributed by atoms with Crippen LogP contribution in [0.2, 0.25) is 0 Å². The van der Waals surface area contributed by atoms with E-state index < -0.39 is 12.2 Å². The summed E-state index contributed by atoms with van der Waals surface area (Å²) < 4.78 is 18.2. The summed E-state index contributed by atoms with van der Waals surface area (Å²) in [6.07, 6.45) is 1.10. The minimum Gasteiger partial charge on any atom is -0.457 e. The average molecular weight is 523 g/mol. The third kappa shape index (κ3) is 5.70. The van der Waals surface area contributed by atoms with E-state index in [1.54, 1.807) is 92.1 Å². The van der Waals surface area contributed by atoms with Crippen LogP contribution in [-0.2, 0) is 0 Å². The molecule has 0 spiro atoms. The third-order valence-electron chi connectivity index (χ3n) is 5.56. The van der Waals surface area contributed by atoms with Crippen molar-refractivity contribution in [2.45, 2.75) is 0 Å². The highest BCUT2D eigenvalue weighted by Crippen LogP contribution is 2.28. The van der Waals surface area contributed by atoms with E-state index in [-0.39, 0.29) is 23.3 Å². The van der Waals surface area contributed by atoms with E-state index >= 15 is 0 Å². The van der Waals surface area contributed by atoms with Crippen LogP contribution in [0.5, 0.6) is 23.1 Å². The molecular weight excluding hydrogens is 500 g/mol. The van der Waals surface area contributed by atoms with Gasteiger partial charge in [0.15, 0.2) is 0 Å². The van der Waals surface area contributed by atoms with Gasteiger partial charge in [-0.3, -0.25) is 4.57 Å². The van der Waals surface area contributed by atoms with E-state index in [1.165, 1.54) is 16.8 Å². The Bertz CT molecular complexity index is 1640. The lowest BCUT2D eigenvalue weighted by molar-refractivity contribution is 0.189. The number of hydrogen-bond acceptors (Lipinski definition) is 7. The van der Waals surface area contributed by atoms with Crippen molar-refractivity contribution in [3.05, 3.63) is 109 Å². The number of ether oxygens (including phenoxy) is 3. The molecule has 10 nitrogen and oxygen atoms in total. The summed E-state index contributed by atoms with van der Waals surface area (Å²) in [6, 6.07) is 26.4. The Kier molecular flexibility index (Phi) is 7.17. The molecule has 0 aliphatic heterocycles. The molecule has 39 heavy (non-hydrogen) atoms. The molecule has 2 heterocycles. The summed E-state index contributed by atoms with van der Waals surface area (Å²) in [7, 11) is 1.55. The van der Waals surface area contributed by atoms with Gasteiger partial charge in [0.1, 0.15) is 17.2 Å². The molecule has 0 fully saturated rings. The number of anilines is 1. The largest absolute Gasteiger partial charge is 0.457 e. The topological polar surface area (TPSA) is 112 Å². The van der Waals surface area contributed by atoms with Crippen LogP contribution >= 0.6 is 0 Å². The maximum absolute atomic E-state index is 13.1. The lowest BCUT2D eigenvalue weighted by Gasteiger charge is -2.19. The zero-order chi connectivity index (χ0) is 27.2. The number of nitrogens with zero attached hydrogens (tertiary/aromatic N) is 3. The number of para-hydroxylation sites is 2. The fourth-order valence-electron chi connectivity index (χ4n) is 3.75. The SMILES string of the molecule is CNC(=O)n1ccc2ccc(Oc3ccnc(OC(=O)N(C(=O)Oc4ccccc4)c4ccccc4)c3)cc21. The Morgan fingerprint density at radius 2 is 1.46 bits per heavy atom. The fourth-order valence-corrected chi connectivity index (χ4v) is 3.75. The Balaban J connectivity index is 1.35. The molecule has 10 heteroatoms. The van der Waals surface area contributed by atoms with Gasteiger partial charge in [0, 0.05) is 37.0 Å². The summed E-state index contributed by atoms with van der Waals surface area (Å²) >= 11 is 0. The molecule has 0 radical (unpaired) electrons. The van der Waals surface area contributed by atoms with Crippen LogP contribution in [-0.4, -0.2) is 34.8 Å². The quantitative estimate of drug-likeness (QED) is 0.292. The zero-order valence-corrected chi connectivity index (χ0v) is 20.7. The number of carbonyl (C=O) groups excluding carboxylic acids is 3. The summed E-state index contributed by atoms with van der Waals surface area (Å²) in [5, 5.41) is 3.45. The van der Waals surface area contributed by atoms with Gasteiger partial charge < -0.3 is 19.5 Å². The molecule has 0 atom stereocenters. The second kappa shape index (κ2) is 11.2. The summed E-state index contributed by atoms with van der Waals surface area (Å²) in [6.45, 7) is 0. The smallest absolute Gasteiger partial charge is 0.430 e. The second-order valence-corrected chi connectivity index (χ2v) is 8.11. The third-order valence-corrected chi connectivity index (χ3v) is 5.56. The van der Waals surface area contributed by atoms with Gasteiger partial charge in [-0.1, -0.05) is 36.4 Å². The molecular formula is C29H22N4O6. The molecule has 0 bridgehead atoms. The Morgan fingerprint density at radius 1 is 0.769 bits per heavy atom. The molecule has 194 valence electrons. The van der Waals surface area contributed by atoms with Crippen LogP contribution in [0.25, 0.3) is 10.9 Å². The van der Waals surface area contributed by atoms with E-state index in [2.05, 4.69) is 10.3 Å². The molecule has 5 rings (SSSR count). The fraction of sp³-hybridized carbons (Fsp3) is 0.0345. The van der Waals surface area contributed by atoms with E-state index in [9.17, 15) is 14.4 Å². The lowest BCUT2D eigenvalue weighted by Crippen LogP contribution is -2.41. The van der Waals surface area contributed by atoms with Crippen LogP contribution in [0, 0.1) is 0 Å². The molecule has 3 amide bonds. The maximum Gasteiger partial charge on any atom is 0.430 e. The predicted molar refractivity (Wildman–Crippen MR) is 144 cm³/mol. The van der Waals surface area contributed by atoms with Crippen molar-refractivity contribution in [3.63, 3.8) is 0 Å². The number of amides is 3. The van der Waals surface area contributed by atoms with E-state index in [0.29, 0.717) is 17.0 Å². The number of nitrogens with one attached hydrogen (secondary N) is 1. The Morgan fingerprint density at radius 3 is 2.21 bits per heavy atom. The van der Waals surface area contributed by atoms with Gasteiger partial charge in [-0.05, 0) is 48.5 Å². The summed E-state index contributed by atoms with van der Waals surface area (Å²) in [5.41, 5.74) is 0.909. The van der Waals surface area contributed by atoms with Gasteiger partial charge in [-0.2, -0.15) is 4.90 Å². The monoisotopic (exact) mass is 522 g/mol. The first-order chi connectivity index (χ1) is 19.0. The number of hydrogen-bond donors (Lipinski definition) is 1. The van der Waals surface area contributed by atoms with Crippen molar-refractivity contribution in [2.24, 2.45) is 0 Å². The molecule has 0 unspecified atom stereocenters. The summed E-state index contributed by atoms with van der Waals surface area (Å²) in [4.78, 5) is 43.1. The minimum atomic E-state index is -1.02. The Labute approximate surface area is 223 Å². The first-order valence-electron chi connectivity index (χ1n) is 11.8. The molecule has 1 N–H and O–H groups in total. The minimum absolute atomic E-state index is 0.0965. The van der Waals surface area contributed by atoms with Crippen molar-refractivity contribution in [3.8, 4) is 23.1 Å². The highest BCUT2D eigenvalue weighted by atomic mass is 16.6. The first kappa shape index (κ1) is 25.0. The van der Waals surface area contributed by atoms with Gasteiger partial charge in [0.05, 0.1) is 11.2 Å². The molecule has 3 aromatic carbocycles. The van der Waals surface area contributed by atoms with Gasteiger partial charge in [0.25, 0.3) is 0 Å². The molecule has 0 saturated heterocycles. The zero-order valence-electron chi connectivity index (χ0n) is 20.7. The molecule has 0 saturated carbocycles. The maximum atomic E-state index is 13.1. The van der Waals surface area contributed by atoms with Crippen molar-refractivity contribution in [1.82, 2.24) is 14.9 Å². The van der Waals surface area contributed by atoms with E-state index in [1.807, 2.05) is 12.1 Å². The number of fused-ring (bicyclic) bond motifs is 1. The molecule has 0 aliphatic rings. The van der Waals surface area contributed by atoms with Crippen LogP contribution in [0.1, 0.15) is 0 Å². The highest BCUT2D eigenvalue weighted by molar-refractivity contribution is 6.10. The second-order valence-electron chi connectivity index (χ2n) is 8.11. The van der Waals surface area contributed by atoms with Crippen LogP contribution in [0.3, 0.4) is 0 Å². The average Bonchev–Trinajstić information content (AvgIpc) is 3.37. The first-order valence-corrected chi connectivity index (χ1v) is 11.8. The number of imide groups is 1. The van der Waals surface area contributed by atoms with Gasteiger partial charge in [-0.25, -0.2) is 19.4 Å². The number of pyridine rings is 1. The molecule has 5 aromatic rings. The number of carbonyl (C=O) groups is 3. The van der Waals surface area contributed by atoms with Crippen molar-refractivity contribution >= 4 is 34.8 Å². The molecule has 2 aromatic heterocycles. The predicted octanol–water partition coefficient (Wildman–Crippen LogP) is 6.22. The number of benzene rings is 3. The molecule has 0 aliphatic carbocycles.